The van der Waals surface area contributed by atoms with Crippen LogP contribution in [0.25, 0.3) is 0 Å². The number of rotatable bonds is 57. The lowest BCUT2D eigenvalue weighted by molar-refractivity contribution is -0.161. The summed E-state index contributed by atoms with van der Waals surface area (Å²) < 4.78 is 39.5. The Kier molecular flexibility index (Phi) is 57.8. The molecule has 12 heteroatoms. The summed E-state index contributed by atoms with van der Waals surface area (Å²) in [6, 6.07) is 0. The Balaban J connectivity index is 4.82. The Labute approximate surface area is 487 Å². The van der Waals surface area contributed by atoms with Crippen LogP contribution in [0.4, 0.5) is 0 Å². The molecule has 11 nitrogen and oxygen atoms in total. The number of hydrogen-bond donors (Lipinski definition) is 2. The molecule has 3 atom stereocenters. The highest BCUT2D eigenvalue weighted by Gasteiger charge is 2.28. The Morgan fingerprint density at radius 2 is 0.700 bits per heavy atom. The quantitative estimate of drug-likeness (QED) is 0.0197. The Bertz CT molecular complexity index is 1800. The second kappa shape index (κ2) is 61.0. The molecule has 0 aliphatic rings. The van der Waals surface area contributed by atoms with Gasteiger partial charge in [-0.2, -0.15) is 0 Å². The van der Waals surface area contributed by atoms with Gasteiger partial charge in [0.25, 0.3) is 0 Å². The van der Waals surface area contributed by atoms with Crippen LogP contribution in [0, 0.1) is 0 Å². The fraction of sp³-hybridized carbons (Fsp3) is 0.662. The molecule has 0 aliphatic heterocycles. The topological polar surface area (TPSA) is 155 Å². The number of carbonyl (C=O) groups is 3. The number of ether oxygens (including phenoxy) is 3. The van der Waals surface area contributed by atoms with Crippen molar-refractivity contribution in [3.05, 3.63) is 122 Å². The fourth-order valence-corrected chi connectivity index (χ4v) is 8.97. The Morgan fingerprint density at radius 1 is 0.375 bits per heavy atom. The van der Waals surface area contributed by atoms with E-state index in [1.165, 1.54) is 83.5 Å². The van der Waals surface area contributed by atoms with Crippen molar-refractivity contribution >= 4 is 25.7 Å². The van der Waals surface area contributed by atoms with E-state index in [1.807, 2.05) is 18.2 Å². The van der Waals surface area contributed by atoms with E-state index >= 15 is 0 Å². The summed E-state index contributed by atoms with van der Waals surface area (Å²) in [4.78, 5) is 48.7. The molecule has 0 aliphatic carbocycles. The molecule has 3 unspecified atom stereocenters. The smallest absolute Gasteiger partial charge is 0.462 e. The number of unbranched alkanes of at least 4 members (excludes halogenated alkanes) is 21. The summed E-state index contributed by atoms with van der Waals surface area (Å²) in [7, 11) is -4.79. The first-order valence-corrected chi connectivity index (χ1v) is 32.9. The van der Waals surface area contributed by atoms with Crippen LogP contribution < -0.4 is 0 Å². The van der Waals surface area contributed by atoms with E-state index in [0.29, 0.717) is 19.3 Å². The molecule has 0 rings (SSSR count). The van der Waals surface area contributed by atoms with Crippen LogP contribution in [0.3, 0.4) is 0 Å². The van der Waals surface area contributed by atoms with Gasteiger partial charge in [-0.25, -0.2) is 4.57 Å². The average Bonchev–Trinajstić information content (AvgIpc) is 3.45. The van der Waals surface area contributed by atoms with Crippen molar-refractivity contribution in [3.8, 4) is 0 Å². The van der Waals surface area contributed by atoms with Gasteiger partial charge in [-0.3, -0.25) is 23.4 Å². The molecule has 0 heterocycles. The van der Waals surface area contributed by atoms with Crippen LogP contribution in [-0.4, -0.2) is 66.5 Å². The minimum atomic E-state index is -4.79. The van der Waals surface area contributed by atoms with Gasteiger partial charge < -0.3 is 24.2 Å². The van der Waals surface area contributed by atoms with Crippen molar-refractivity contribution in [2.75, 3.05) is 26.4 Å². The highest BCUT2D eigenvalue weighted by atomic mass is 31.2. The molecule has 0 saturated carbocycles. The van der Waals surface area contributed by atoms with Crippen LogP contribution >= 0.6 is 7.82 Å². The molecule has 0 radical (unpaired) electrons. The highest BCUT2D eigenvalue weighted by Crippen LogP contribution is 2.43. The lowest BCUT2D eigenvalue weighted by Crippen LogP contribution is -2.30. The van der Waals surface area contributed by atoms with Gasteiger partial charge in [0.05, 0.1) is 26.2 Å². The van der Waals surface area contributed by atoms with E-state index in [2.05, 4.69) is 118 Å². The third-order valence-corrected chi connectivity index (χ3v) is 13.8. The molecule has 0 spiro atoms. The van der Waals surface area contributed by atoms with Gasteiger partial charge in [-0.05, 0) is 109 Å². The standard InChI is InChI=1S/C68H113O11P/c1-4-7-10-13-16-19-22-25-28-30-32-34-37-39-42-45-48-51-54-57-66(70)75-61-65(79-68(72)59-56-53-50-47-44-41-38-35-33-31-29-26-23-20-17-14-11-8-5-2)63-77-80(73,74)76-62-64(60-69)78-67(71)58-55-52-49-46-43-40-36-27-24-21-18-15-12-9-6-3/h7,9-10,12,16,18-19,21,25-29,32,34,36,43,46,52,55,64-65,69H,4-6,8,11,13-15,17,20,22-24,30-31,33,35,37-42,44-45,47-51,53-54,56-63H2,1-3H3,(H,73,74)/b10-7-,12-9-,19-16-,21-18-,28-25-,29-26-,34-32-,36-27-,46-43-,55-52-. The Hall–Kier alpha value is -4.12. The summed E-state index contributed by atoms with van der Waals surface area (Å²) in [5.41, 5.74) is 0. The first kappa shape index (κ1) is 75.9. The monoisotopic (exact) mass is 1140 g/mol. The molecule has 80 heavy (non-hydrogen) atoms. The highest BCUT2D eigenvalue weighted by molar-refractivity contribution is 7.47. The molecule has 0 amide bonds. The van der Waals surface area contributed by atoms with Crippen LogP contribution in [-0.2, 0) is 42.2 Å². The zero-order valence-corrected chi connectivity index (χ0v) is 51.4. The molecule has 0 aromatic rings. The number of allylic oxidation sites excluding steroid dienone is 19. The van der Waals surface area contributed by atoms with Gasteiger partial charge in [0.2, 0.25) is 0 Å². The minimum absolute atomic E-state index is 0.0608. The molecular weight excluding hydrogens is 1020 g/mol. The molecule has 0 aromatic heterocycles. The van der Waals surface area contributed by atoms with Crippen LogP contribution in [0.15, 0.2) is 122 Å². The van der Waals surface area contributed by atoms with E-state index in [1.54, 1.807) is 6.08 Å². The second-order valence-corrected chi connectivity index (χ2v) is 21.9. The van der Waals surface area contributed by atoms with Crippen LogP contribution in [0.2, 0.25) is 0 Å². The summed E-state index contributed by atoms with van der Waals surface area (Å²) in [6.45, 7) is 4.30. The normalized spacial score (nSPS) is 14.1. The molecular formula is C68H113O11P. The predicted octanol–water partition coefficient (Wildman–Crippen LogP) is 19.1. The third-order valence-electron chi connectivity index (χ3n) is 12.9. The summed E-state index contributed by atoms with van der Waals surface area (Å²) in [5, 5.41) is 9.82. The van der Waals surface area contributed by atoms with Gasteiger partial charge in [0, 0.05) is 12.8 Å². The Morgan fingerprint density at radius 3 is 1.11 bits per heavy atom. The number of phosphoric acid groups is 1. The number of aliphatic hydroxyl groups excluding tert-OH is 1. The second-order valence-electron chi connectivity index (χ2n) is 20.5. The van der Waals surface area contributed by atoms with Gasteiger partial charge >= 0.3 is 25.7 Å². The van der Waals surface area contributed by atoms with Crippen molar-refractivity contribution in [1.29, 1.82) is 0 Å². The minimum Gasteiger partial charge on any atom is -0.462 e. The molecule has 456 valence electrons. The van der Waals surface area contributed by atoms with E-state index in [4.69, 9.17) is 23.3 Å². The number of phosphoric ester groups is 1. The van der Waals surface area contributed by atoms with E-state index in [9.17, 15) is 28.9 Å². The number of carbonyl (C=O) groups excluding carboxylic acids is 3. The van der Waals surface area contributed by atoms with Crippen molar-refractivity contribution in [3.63, 3.8) is 0 Å². The van der Waals surface area contributed by atoms with Crippen LogP contribution in [0.1, 0.15) is 252 Å². The molecule has 0 bridgehead atoms. The fourth-order valence-electron chi connectivity index (χ4n) is 8.18. The van der Waals surface area contributed by atoms with Gasteiger partial charge in [-0.15, -0.1) is 0 Å². The number of aliphatic hydroxyl groups is 1. The lowest BCUT2D eigenvalue weighted by atomic mass is 10.1. The van der Waals surface area contributed by atoms with E-state index in [-0.39, 0.29) is 25.9 Å². The average molecular weight is 1140 g/mol. The predicted molar refractivity (Wildman–Crippen MR) is 334 cm³/mol. The molecule has 0 aromatic carbocycles. The summed E-state index contributed by atoms with van der Waals surface area (Å²) >= 11 is 0. The van der Waals surface area contributed by atoms with Crippen molar-refractivity contribution < 1.29 is 52.2 Å². The largest absolute Gasteiger partial charge is 0.472 e. The molecule has 2 N–H and O–H groups in total. The van der Waals surface area contributed by atoms with Crippen molar-refractivity contribution in [2.24, 2.45) is 0 Å². The zero-order chi connectivity index (χ0) is 58.3. The van der Waals surface area contributed by atoms with Crippen molar-refractivity contribution in [2.45, 2.75) is 264 Å². The number of hydrogen-bond acceptors (Lipinski definition) is 10. The lowest BCUT2D eigenvalue weighted by Gasteiger charge is -2.21. The molecule has 0 fully saturated rings. The summed E-state index contributed by atoms with van der Waals surface area (Å²) in [5.74, 6) is -1.62. The van der Waals surface area contributed by atoms with Gasteiger partial charge in [0.15, 0.2) is 6.10 Å². The van der Waals surface area contributed by atoms with E-state index < -0.39 is 57.8 Å². The maximum Gasteiger partial charge on any atom is 0.472 e. The SMILES string of the molecule is CC/C=C\C/C=C\C/C=C\C/C=C\C/C=C\CC(=O)OC(CO)COP(=O)(O)OCC(COC(=O)CCCCCCCC/C=C\C/C=C\C/C=C\C/C=C\CC)OC(=O)CCCCCCCCCCC/C=C\CCCCCCCC. The number of esters is 3. The van der Waals surface area contributed by atoms with Crippen LogP contribution in [0.5, 0.6) is 0 Å². The third kappa shape index (κ3) is 58.5. The van der Waals surface area contributed by atoms with E-state index in [0.717, 1.165) is 109 Å². The first-order valence-electron chi connectivity index (χ1n) is 31.4. The van der Waals surface area contributed by atoms with Gasteiger partial charge in [0.1, 0.15) is 12.7 Å². The summed E-state index contributed by atoms with van der Waals surface area (Å²) in [6.07, 6.45) is 76.1. The van der Waals surface area contributed by atoms with Gasteiger partial charge in [-0.1, -0.05) is 245 Å². The maximum absolute atomic E-state index is 13.0. The molecule has 0 saturated heterocycles. The van der Waals surface area contributed by atoms with Crippen molar-refractivity contribution in [1.82, 2.24) is 0 Å². The maximum atomic E-state index is 13.0. The first-order chi connectivity index (χ1) is 39.2. The zero-order valence-electron chi connectivity index (χ0n) is 50.5.